The minimum Gasteiger partial charge on any atom is -0.0753 e. The van der Waals surface area contributed by atoms with Crippen LogP contribution in [-0.4, -0.2) is 0 Å². The molecule has 6 rings (SSSR count). The highest BCUT2D eigenvalue weighted by Gasteiger charge is 2.32. The smallest absolute Gasteiger partial charge is 0.0351 e. The molecule has 0 aromatic heterocycles. The van der Waals surface area contributed by atoms with Crippen LogP contribution in [0.25, 0.3) is 11.6 Å². The molecule has 3 aromatic carbocycles. The van der Waals surface area contributed by atoms with Crippen LogP contribution in [0.15, 0.2) is 126 Å². The van der Waals surface area contributed by atoms with Crippen molar-refractivity contribution in [1.29, 1.82) is 0 Å². The molecule has 0 fully saturated rings. The Labute approximate surface area is 177 Å². The van der Waals surface area contributed by atoms with Gasteiger partial charge in [0, 0.05) is 5.92 Å². The average Bonchev–Trinajstić information content (AvgIpc) is 2.82. The summed E-state index contributed by atoms with van der Waals surface area (Å²) in [6.45, 7) is 0. The Morgan fingerprint density at radius 2 is 1.47 bits per heavy atom. The molecule has 30 heavy (non-hydrogen) atoms. The Bertz CT molecular complexity index is 1240. The number of hydrogen-bond acceptors (Lipinski definition) is 0. The third kappa shape index (κ3) is 2.76. The van der Waals surface area contributed by atoms with Gasteiger partial charge in [0.2, 0.25) is 0 Å². The molecule has 0 N–H and O–H groups in total. The number of rotatable bonds is 3. The van der Waals surface area contributed by atoms with E-state index >= 15 is 0 Å². The predicted molar refractivity (Wildman–Crippen MR) is 126 cm³/mol. The fraction of sp³-hybridized carbons (Fsp3) is 0.0667. The summed E-state index contributed by atoms with van der Waals surface area (Å²) in [4.78, 5) is 0. The molecule has 0 aliphatic heterocycles. The molecule has 0 saturated heterocycles. The first-order valence-electron chi connectivity index (χ1n) is 10.6. The van der Waals surface area contributed by atoms with Crippen LogP contribution < -0.4 is 0 Å². The Balaban J connectivity index is 1.52. The number of allylic oxidation sites excluding steroid dienone is 8. The highest BCUT2D eigenvalue weighted by atomic mass is 14.4. The van der Waals surface area contributed by atoms with Gasteiger partial charge < -0.3 is 0 Å². The van der Waals surface area contributed by atoms with Gasteiger partial charge in [-0.1, -0.05) is 109 Å². The first kappa shape index (κ1) is 17.2. The predicted octanol–water partition coefficient (Wildman–Crippen LogP) is 7.28. The quantitative estimate of drug-likeness (QED) is 0.446. The SMILES string of the molecule is C1=Cc2cccc3c2C2C1=CC=C(C=C(c1ccccc1)c1ccccc1)C2=CC3. The largest absolute Gasteiger partial charge is 0.0753 e. The highest BCUT2D eigenvalue weighted by molar-refractivity contribution is 5.84. The molecule has 142 valence electrons. The fourth-order valence-electron chi connectivity index (χ4n) is 5.00. The minimum absolute atomic E-state index is 0.360. The highest BCUT2D eigenvalue weighted by Crippen LogP contribution is 2.48. The molecule has 0 saturated carbocycles. The lowest BCUT2D eigenvalue weighted by molar-refractivity contribution is 0.880. The minimum atomic E-state index is 0.360. The van der Waals surface area contributed by atoms with Crippen molar-refractivity contribution in [2.45, 2.75) is 12.3 Å². The second-order valence-corrected chi connectivity index (χ2v) is 8.13. The van der Waals surface area contributed by atoms with E-state index in [9.17, 15) is 0 Å². The Hall–Kier alpha value is -3.64. The van der Waals surface area contributed by atoms with Crippen molar-refractivity contribution in [1.82, 2.24) is 0 Å². The van der Waals surface area contributed by atoms with Gasteiger partial charge in [-0.2, -0.15) is 0 Å². The van der Waals surface area contributed by atoms with Crippen molar-refractivity contribution in [3.05, 3.63) is 154 Å². The summed E-state index contributed by atoms with van der Waals surface area (Å²) in [7, 11) is 0. The van der Waals surface area contributed by atoms with Crippen molar-refractivity contribution in [2.24, 2.45) is 0 Å². The summed E-state index contributed by atoms with van der Waals surface area (Å²) < 4.78 is 0. The summed E-state index contributed by atoms with van der Waals surface area (Å²) in [6.07, 6.45) is 15.0. The zero-order valence-electron chi connectivity index (χ0n) is 16.8. The molecule has 3 aliphatic rings. The molecule has 1 atom stereocenters. The lowest BCUT2D eigenvalue weighted by Gasteiger charge is -2.35. The lowest BCUT2D eigenvalue weighted by Crippen LogP contribution is -2.19. The maximum atomic E-state index is 2.44. The van der Waals surface area contributed by atoms with Crippen LogP contribution in [0.2, 0.25) is 0 Å². The van der Waals surface area contributed by atoms with Gasteiger partial charge in [-0.15, -0.1) is 0 Å². The first-order chi connectivity index (χ1) is 14.9. The second-order valence-electron chi connectivity index (χ2n) is 8.13. The number of benzene rings is 3. The molecule has 0 heterocycles. The molecule has 1 unspecified atom stereocenters. The maximum absolute atomic E-state index is 2.44. The van der Waals surface area contributed by atoms with E-state index in [1.54, 1.807) is 0 Å². The topological polar surface area (TPSA) is 0 Å². The van der Waals surface area contributed by atoms with Crippen LogP contribution >= 0.6 is 0 Å². The van der Waals surface area contributed by atoms with Crippen LogP contribution in [0.5, 0.6) is 0 Å². The van der Waals surface area contributed by atoms with Gasteiger partial charge in [0.15, 0.2) is 0 Å². The van der Waals surface area contributed by atoms with Crippen LogP contribution in [0.3, 0.4) is 0 Å². The molecule has 0 heteroatoms. The third-order valence-corrected chi connectivity index (χ3v) is 6.42. The maximum Gasteiger partial charge on any atom is 0.0351 e. The summed E-state index contributed by atoms with van der Waals surface area (Å²) in [5.74, 6) is 0.360. The van der Waals surface area contributed by atoms with Gasteiger partial charge >= 0.3 is 0 Å². The van der Waals surface area contributed by atoms with Crippen LogP contribution in [-0.2, 0) is 6.42 Å². The van der Waals surface area contributed by atoms with E-state index in [-0.39, 0.29) is 0 Å². The first-order valence-corrected chi connectivity index (χ1v) is 10.6. The van der Waals surface area contributed by atoms with Crippen molar-refractivity contribution in [3.63, 3.8) is 0 Å². The van der Waals surface area contributed by atoms with E-state index in [1.165, 1.54) is 50.1 Å². The van der Waals surface area contributed by atoms with Gasteiger partial charge in [0.25, 0.3) is 0 Å². The Morgan fingerprint density at radius 1 is 0.733 bits per heavy atom. The zero-order chi connectivity index (χ0) is 19.9. The molecule has 3 aromatic rings. The Morgan fingerprint density at radius 3 is 2.20 bits per heavy atom. The van der Waals surface area contributed by atoms with E-state index in [0.717, 1.165) is 6.42 Å². The molecule has 0 spiro atoms. The molecule has 0 nitrogen and oxygen atoms in total. The lowest BCUT2D eigenvalue weighted by atomic mass is 9.68. The zero-order valence-corrected chi connectivity index (χ0v) is 16.8. The average molecular weight is 383 g/mol. The summed E-state index contributed by atoms with van der Waals surface area (Å²) >= 11 is 0. The van der Waals surface area contributed by atoms with E-state index in [0.29, 0.717) is 5.92 Å². The molecule has 0 amide bonds. The molecular weight excluding hydrogens is 360 g/mol. The van der Waals surface area contributed by atoms with Crippen molar-refractivity contribution < 1.29 is 0 Å². The molecule has 0 radical (unpaired) electrons. The van der Waals surface area contributed by atoms with E-state index in [2.05, 4.69) is 115 Å². The van der Waals surface area contributed by atoms with E-state index in [4.69, 9.17) is 0 Å². The van der Waals surface area contributed by atoms with Gasteiger partial charge in [0.1, 0.15) is 0 Å². The fourth-order valence-corrected chi connectivity index (χ4v) is 5.00. The normalized spacial score (nSPS) is 18.0. The van der Waals surface area contributed by atoms with Gasteiger partial charge in [-0.25, -0.2) is 0 Å². The van der Waals surface area contributed by atoms with E-state index < -0.39 is 0 Å². The summed E-state index contributed by atoms with van der Waals surface area (Å²) in [5.41, 5.74) is 12.3. The summed E-state index contributed by atoms with van der Waals surface area (Å²) in [6, 6.07) is 28.2. The third-order valence-electron chi connectivity index (χ3n) is 6.42. The van der Waals surface area contributed by atoms with Crippen LogP contribution in [0.1, 0.15) is 33.7 Å². The molecular formula is C30H22. The standard InChI is InChI=1S/C30H22/c1-3-8-21(9-4-1)28(22-10-5-2-6-11-22)20-26-17-16-25-15-14-23-12-7-13-24-18-19-27(26)30(25)29(23)24/h1-17,19-20,30H,18H2. The van der Waals surface area contributed by atoms with E-state index in [1.807, 2.05) is 0 Å². The van der Waals surface area contributed by atoms with Crippen molar-refractivity contribution >= 4 is 11.6 Å². The monoisotopic (exact) mass is 382 g/mol. The van der Waals surface area contributed by atoms with Crippen molar-refractivity contribution in [2.75, 3.05) is 0 Å². The second kappa shape index (κ2) is 7.00. The number of hydrogen-bond donors (Lipinski definition) is 0. The molecule has 0 bridgehead atoms. The van der Waals surface area contributed by atoms with Crippen LogP contribution in [0.4, 0.5) is 0 Å². The van der Waals surface area contributed by atoms with Crippen molar-refractivity contribution in [3.8, 4) is 0 Å². The van der Waals surface area contributed by atoms with Gasteiger partial charge in [0.05, 0.1) is 0 Å². The van der Waals surface area contributed by atoms with Crippen LogP contribution in [0, 0.1) is 0 Å². The van der Waals surface area contributed by atoms with Gasteiger partial charge in [-0.05, 0) is 62.6 Å². The van der Waals surface area contributed by atoms with Gasteiger partial charge in [-0.3, -0.25) is 0 Å². The Kier molecular flexibility index (Phi) is 4.02. The summed E-state index contributed by atoms with van der Waals surface area (Å²) in [5, 5.41) is 0. The molecule has 3 aliphatic carbocycles.